The van der Waals surface area contributed by atoms with Crippen LogP contribution in [0.15, 0.2) is 24.3 Å². The lowest BCUT2D eigenvalue weighted by Gasteiger charge is -2.33. The minimum Gasteiger partial charge on any atom is -0.369 e. The van der Waals surface area contributed by atoms with Crippen molar-refractivity contribution in [3.05, 3.63) is 34.9 Å². The van der Waals surface area contributed by atoms with Crippen LogP contribution in [0.1, 0.15) is 12.5 Å². The quantitative estimate of drug-likeness (QED) is 0.916. The molecule has 1 aromatic rings. The Hall–Kier alpha value is -0.710. The summed E-state index contributed by atoms with van der Waals surface area (Å²) in [6, 6.07) is 7.59. The standard InChI is InChI=1S/C13H16ClF2NO/c1-13(15,16)12-7-17-11(8-18-12)6-9-2-4-10(14)5-3-9/h2-5,11-12,17H,6-8H2,1H3/t11?,12-/m1/s1. The Labute approximate surface area is 110 Å². The summed E-state index contributed by atoms with van der Waals surface area (Å²) in [4.78, 5) is 0. The lowest BCUT2D eigenvalue weighted by atomic mass is 10.0. The number of rotatable bonds is 3. The third-order valence-electron chi connectivity index (χ3n) is 3.05. The van der Waals surface area contributed by atoms with Gasteiger partial charge in [-0.15, -0.1) is 0 Å². The van der Waals surface area contributed by atoms with E-state index >= 15 is 0 Å². The van der Waals surface area contributed by atoms with Crippen molar-refractivity contribution in [3.8, 4) is 0 Å². The zero-order chi connectivity index (χ0) is 13.2. The average Bonchev–Trinajstić information content (AvgIpc) is 2.32. The molecular formula is C13H16ClF2NO. The van der Waals surface area contributed by atoms with Crippen molar-refractivity contribution in [3.63, 3.8) is 0 Å². The van der Waals surface area contributed by atoms with E-state index in [-0.39, 0.29) is 12.6 Å². The maximum atomic E-state index is 13.0. The van der Waals surface area contributed by atoms with Crippen LogP contribution in [-0.4, -0.2) is 31.2 Å². The predicted octanol–water partition coefficient (Wildman–Crippen LogP) is 2.89. The lowest BCUT2D eigenvalue weighted by molar-refractivity contribution is -0.142. The summed E-state index contributed by atoms with van der Waals surface area (Å²) < 4.78 is 31.3. The smallest absolute Gasteiger partial charge is 0.272 e. The van der Waals surface area contributed by atoms with Crippen molar-refractivity contribution in [2.24, 2.45) is 0 Å². The fourth-order valence-electron chi connectivity index (χ4n) is 1.99. The van der Waals surface area contributed by atoms with E-state index in [2.05, 4.69) is 5.32 Å². The van der Waals surface area contributed by atoms with Crippen molar-refractivity contribution in [1.29, 1.82) is 0 Å². The maximum Gasteiger partial charge on any atom is 0.272 e. The molecule has 0 aromatic heterocycles. The van der Waals surface area contributed by atoms with Gasteiger partial charge in [-0.2, -0.15) is 0 Å². The van der Waals surface area contributed by atoms with Crippen LogP contribution in [0, 0.1) is 0 Å². The van der Waals surface area contributed by atoms with E-state index in [9.17, 15) is 8.78 Å². The predicted molar refractivity (Wildman–Crippen MR) is 67.3 cm³/mol. The molecule has 0 bridgehead atoms. The molecule has 0 saturated carbocycles. The molecule has 2 nitrogen and oxygen atoms in total. The molecule has 0 spiro atoms. The highest BCUT2D eigenvalue weighted by Gasteiger charge is 2.37. The van der Waals surface area contributed by atoms with Gasteiger partial charge in [-0.3, -0.25) is 0 Å². The maximum absolute atomic E-state index is 13.0. The molecule has 5 heteroatoms. The summed E-state index contributed by atoms with van der Waals surface area (Å²) in [7, 11) is 0. The Kier molecular flexibility index (Phi) is 4.20. The summed E-state index contributed by atoms with van der Waals surface area (Å²) in [5, 5.41) is 3.79. The van der Waals surface area contributed by atoms with Gasteiger partial charge in [0.25, 0.3) is 5.92 Å². The molecule has 1 aromatic carbocycles. The molecule has 0 amide bonds. The average molecular weight is 276 g/mol. The Morgan fingerprint density at radius 1 is 1.39 bits per heavy atom. The molecule has 0 radical (unpaired) electrons. The molecule has 1 heterocycles. The van der Waals surface area contributed by atoms with Gasteiger partial charge >= 0.3 is 0 Å². The number of alkyl halides is 2. The largest absolute Gasteiger partial charge is 0.369 e. The van der Waals surface area contributed by atoms with Gasteiger partial charge < -0.3 is 10.1 Å². The first kappa shape index (κ1) is 13.7. The first-order valence-electron chi connectivity index (χ1n) is 5.92. The van der Waals surface area contributed by atoms with E-state index in [1.165, 1.54) is 0 Å². The fraction of sp³-hybridized carbons (Fsp3) is 0.538. The first-order chi connectivity index (χ1) is 8.45. The van der Waals surface area contributed by atoms with Crippen LogP contribution in [0.3, 0.4) is 0 Å². The van der Waals surface area contributed by atoms with Gasteiger partial charge in [0.2, 0.25) is 0 Å². The van der Waals surface area contributed by atoms with E-state index in [1.54, 1.807) is 0 Å². The van der Waals surface area contributed by atoms with E-state index in [0.29, 0.717) is 11.6 Å². The minimum atomic E-state index is -2.79. The van der Waals surface area contributed by atoms with E-state index in [1.807, 2.05) is 24.3 Å². The van der Waals surface area contributed by atoms with Crippen molar-refractivity contribution in [2.75, 3.05) is 13.2 Å². The second-order valence-electron chi connectivity index (χ2n) is 4.71. The Balaban J connectivity index is 1.85. The summed E-state index contributed by atoms with van der Waals surface area (Å²) in [6.07, 6.45) is -0.280. The molecule has 18 heavy (non-hydrogen) atoms. The molecule has 1 fully saturated rings. The van der Waals surface area contributed by atoms with Crippen LogP contribution >= 0.6 is 11.6 Å². The third-order valence-corrected chi connectivity index (χ3v) is 3.30. The van der Waals surface area contributed by atoms with Crippen molar-refractivity contribution >= 4 is 11.6 Å². The van der Waals surface area contributed by atoms with E-state index in [4.69, 9.17) is 16.3 Å². The van der Waals surface area contributed by atoms with Crippen LogP contribution in [0.5, 0.6) is 0 Å². The molecule has 100 valence electrons. The zero-order valence-corrected chi connectivity index (χ0v) is 10.9. The number of hydrogen-bond acceptors (Lipinski definition) is 2. The number of ether oxygens (including phenoxy) is 1. The Morgan fingerprint density at radius 3 is 2.56 bits per heavy atom. The highest BCUT2D eigenvalue weighted by Crippen LogP contribution is 2.22. The van der Waals surface area contributed by atoms with Crippen LogP contribution in [0.4, 0.5) is 8.78 Å². The molecule has 2 atom stereocenters. The van der Waals surface area contributed by atoms with E-state index in [0.717, 1.165) is 18.9 Å². The molecule has 1 N–H and O–H groups in total. The number of morpholine rings is 1. The van der Waals surface area contributed by atoms with Crippen molar-refractivity contribution in [2.45, 2.75) is 31.4 Å². The first-order valence-corrected chi connectivity index (χ1v) is 6.30. The second kappa shape index (κ2) is 5.51. The minimum absolute atomic E-state index is 0.0739. The molecule has 2 rings (SSSR count). The van der Waals surface area contributed by atoms with E-state index < -0.39 is 12.0 Å². The van der Waals surface area contributed by atoms with Gasteiger partial charge in [0.1, 0.15) is 6.10 Å². The number of nitrogens with one attached hydrogen (secondary N) is 1. The van der Waals surface area contributed by atoms with Gasteiger partial charge in [0.05, 0.1) is 6.61 Å². The Morgan fingerprint density at radius 2 is 2.06 bits per heavy atom. The normalized spacial score (nSPS) is 25.1. The molecule has 0 aliphatic carbocycles. The Bertz CT molecular complexity index is 383. The number of halogens is 3. The molecule has 1 unspecified atom stereocenters. The second-order valence-corrected chi connectivity index (χ2v) is 5.15. The molecule has 1 saturated heterocycles. The summed E-state index contributed by atoms with van der Waals surface area (Å²) in [5.74, 6) is -2.79. The summed E-state index contributed by atoms with van der Waals surface area (Å²) in [5.41, 5.74) is 1.11. The summed E-state index contributed by atoms with van der Waals surface area (Å²) >= 11 is 5.80. The van der Waals surface area contributed by atoms with Crippen LogP contribution in [0.2, 0.25) is 5.02 Å². The topological polar surface area (TPSA) is 21.3 Å². The number of benzene rings is 1. The highest BCUT2D eigenvalue weighted by atomic mass is 35.5. The SMILES string of the molecule is CC(F)(F)[C@H]1CNC(Cc2ccc(Cl)cc2)CO1. The third kappa shape index (κ3) is 3.64. The zero-order valence-electron chi connectivity index (χ0n) is 10.1. The van der Waals surface area contributed by atoms with Gasteiger partial charge in [-0.05, 0) is 24.1 Å². The lowest BCUT2D eigenvalue weighted by Crippen LogP contribution is -2.52. The fourth-order valence-corrected chi connectivity index (χ4v) is 2.11. The molecular weight excluding hydrogens is 260 g/mol. The van der Waals surface area contributed by atoms with Gasteiger partial charge in [-0.25, -0.2) is 8.78 Å². The highest BCUT2D eigenvalue weighted by molar-refractivity contribution is 6.30. The molecule has 1 aliphatic heterocycles. The van der Waals surface area contributed by atoms with Crippen LogP contribution < -0.4 is 5.32 Å². The monoisotopic (exact) mass is 275 g/mol. The van der Waals surface area contributed by atoms with Gasteiger partial charge in [0, 0.05) is 24.5 Å². The van der Waals surface area contributed by atoms with Crippen molar-refractivity contribution in [1.82, 2.24) is 5.32 Å². The van der Waals surface area contributed by atoms with Gasteiger partial charge in [-0.1, -0.05) is 23.7 Å². The summed E-state index contributed by atoms with van der Waals surface area (Å²) in [6.45, 7) is 1.37. The molecule has 1 aliphatic rings. The number of hydrogen-bond donors (Lipinski definition) is 1. The van der Waals surface area contributed by atoms with Crippen LogP contribution in [-0.2, 0) is 11.2 Å². The van der Waals surface area contributed by atoms with Crippen molar-refractivity contribution < 1.29 is 13.5 Å². The van der Waals surface area contributed by atoms with Crippen LogP contribution in [0.25, 0.3) is 0 Å². The van der Waals surface area contributed by atoms with Gasteiger partial charge in [0.15, 0.2) is 0 Å².